The summed E-state index contributed by atoms with van der Waals surface area (Å²) in [7, 11) is 0. The largest absolute Gasteiger partial charge is 0.292 e. The van der Waals surface area contributed by atoms with Gasteiger partial charge >= 0.3 is 0 Å². The third-order valence-corrected chi connectivity index (χ3v) is 2.55. The molecule has 1 unspecified atom stereocenters. The average Bonchev–Trinajstić information content (AvgIpc) is 2.43. The zero-order valence-corrected chi connectivity index (χ0v) is 9.96. The van der Waals surface area contributed by atoms with Crippen LogP contribution >= 0.6 is 0 Å². The number of ketones is 1. The zero-order valence-electron chi connectivity index (χ0n) is 9.96. The molecule has 0 aromatic heterocycles. The van der Waals surface area contributed by atoms with Crippen molar-refractivity contribution in [3.8, 4) is 0 Å². The van der Waals surface area contributed by atoms with Gasteiger partial charge in [0.2, 0.25) is 0 Å². The van der Waals surface area contributed by atoms with Crippen molar-refractivity contribution < 1.29 is 14.4 Å². The molecule has 0 aromatic carbocycles. The minimum absolute atomic E-state index is 0.289. The van der Waals surface area contributed by atoms with Crippen LogP contribution in [-0.2, 0) is 14.4 Å². The molecule has 1 aliphatic rings. The number of rotatable bonds is 4. The summed E-state index contributed by atoms with van der Waals surface area (Å²) in [6.07, 6.45) is 3.68. The SMILES string of the molecule is C=CC(=O)C1CCN(C(=O)C=C)NN1C(=O)C=C. The van der Waals surface area contributed by atoms with Gasteiger partial charge in [-0.2, -0.15) is 0 Å². The van der Waals surface area contributed by atoms with E-state index in [2.05, 4.69) is 25.3 Å². The van der Waals surface area contributed by atoms with E-state index < -0.39 is 11.9 Å². The Morgan fingerprint density at radius 3 is 2.17 bits per heavy atom. The van der Waals surface area contributed by atoms with E-state index in [1.807, 2.05) is 0 Å². The second kappa shape index (κ2) is 5.92. The summed E-state index contributed by atoms with van der Waals surface area (Å²) in [4.78, 5) is 34.7. The topological polar surface area (TPSA) is 69.7 Å². The van der Waals surface area contributed by atoms with Crippen molar-refractivity contribution in [2.75, 3.05) is 6.54 Å². The number of carbonyl (C=O) groups is 3. The fourth-order valence-corrected chi connectivity index (χ4v) is 1.61. The Balaban J connectivity index is 2.92. The van der Waals surface area contributed by atoms with Crippen LogP contribution in [0.3, 0.4) is 0 Å². The Kier molecular flexibility index (Phi) is 4.56. The summed E-state index contributed by atoms with van der Waals surface area (Å²) in [6.45, 7) is 10.4. The second-order valence-corrected chi connectivity index (χ2v) is 3.62. The lowest BCUT2D eigenvalue weighted by atomic mass is 10.1. The molecule has 0 radical (unpaired) electrons. The fourth-order valence-electron chi connectivity index (χ4n) is 1.61. The Bertz CT molecular complexity index is 417. The molecule has 1 aliphatic heterocycles. The minimum atomic E-state index is -0.679. The summed E-state index contributed by atoms with van der Waals surface area (Å²) in [6, 6.07) is -0.679. The lowest BCUT2D eigenvalue weighted by Crippen LogP contribution is -2.64. The first-order valence-electron chi connectivity index (χ1n) is 5.37. The van der Waals surface area contributed by atoms with Gasteiger partial charge in [-0.15, -0.1) is 5.53 Å². The molecule has 1 heterocycles. The number of hydrazine groups is 2. The monoisotopic (exact) mass is 249 g/mol. The van der Waals surface area contributed by atoms with Gasteiger partial charge in [-0.1, -0.05) is 19.7 Å². The van der Waals surface area contributed by atoms with Crippen LogP contribution < -0.4 is 5.53 Å². The Morgan fingerprint density at radius 2 is 1.67 bits per heavy atom. The molecule has 1 N–H and O–H groups in total. The number of nitrogens with zero attached hydrogens (tertiary/aromatic N) is 2. The van der Waals surface area contributed by atoms with Gasteiger partial charge in [0.1, 0.15) is 6.04 Å². The van der Waals surface area contributed by atoms with Crippen molar-refractivity contribution in [3.05, 3.63) is 38.0 Å². The van der Waals surface area contributed by atoms with Crippen LogP contribution in [0.4, 0.5) is 0 Å². The van der Waals surface area contributed by atoms with Crippen LogP contribution in [0.5, 0.6) is 0 Å². The van der Waals surface area contributed by atoms with Crippen molar-refractivity contribution in [1.82, 2.24) is 15.6 Å². The molecule has 1 fully saturated rings. The lowest BCUT2D eigenvalue weighted by Gasteiger charge is -2.39. The van der Waals surface area contributed by atoms with Crippen molar-refractivity contribution in [2.45, 2.75) is 12.5 Å². The molecule has 0 spiro atoms. The maximum atomic E-state index is 11.6. The second-order valence-electron chi connectivity index (χ2n) is 3.62. The standard InChI is InChI=1S/C12H15N3O3/c1-4-10(16)9-7-8-14(11(17)5-2)13-15(9)12(18)6-3/h4-6,9,13H,1-3,7-8H2. The van der Waals surface area contributed by atoms with Gasteiger partial charge in [0.15, 0.2) is 5.78 Å². The van der Waals surface area contributed by atoms with E-state index in [0.717, 1.165) is 23.2 Å². The molecule has 1 atom stereocenters. The van der Waals surface area contributed by atoms with Gasteiger partial charge in [-0.05, 0) is 24.6 Å². The number of amides is 2. The third kappa shape index (κ3) is 2.72. The molecule has 1 saturated heterocycles. The molecular weight excluding hydrogens is 234 g/mol. The molecule has 0 aromatic rings. The molecular formula is C12H15N3O3. The van der Waals surface area contributed by atoms with Crippen LogP contribution in [-0.4, -0.2) is 40.2 Å². The predicted octanol–water partition coefficient (Wildman–Crippen LogP) is -0.0374. The summed E-state index contributed by atoms with van der Waals surface area (Å²) >= 11 is 0. The maximum Gasteiger partial charge on any atom is 0.262 e. The summed E-state index contributed by atoms with van der Waals surface area (Å²) in [5, 5.41) is 2.28. The fraction of sp³-hybridized carbons (Fsp3) is 0.250. The third-order valence-electron chi connectivity index (χ3n) is 2.55. The van der Waals surface area contributed by atoms with Gasteiger partial charge < -0.3 is 0 Å². The molecule has 0 bridgehead atoms. The van der Waals surface area contributed by atoms with Crippen molar-refractivity contribution >= 4 is 17.6 Å². The number of carbonyl (C=O) groups excluding carboxylic acids is 3. The van der Waals surface area contributed by atoms with E-state index in [1.54, 1.807) is 0 Å². The Morgan fingerprint density at radius 1 is 1.06 bits per heavy atom. The summed E-state index contributed by atoms with van der Waals surface area (Å²) in [5.41, 5.74) is 2.58. The first-order valence-corrected chi connectivity index (χ1v) is 5.37. The highest BCUT2D eigenvalue weighted by atomic mass is 16.2. The van der Waals surface area contributed by atoms with E-state index in [1.165, 1.54) is 5.01 Å². The van der Waals surface area contributed by atoms with Gasteiger partial charge in [0.05, 0.1) is 0 Å². The number of hydrogen-bond acceptors (Lipinski definition) is 4. The highest BCUT2D eigenvalue weighted by molar-refractivity contribution is 5.98. The van der Waals surface area contributed by atoms with Gasteiger partial charge in [0.25, 0.3) is 11.8 Å². The predicted molar refractivity (Wildman–Crippen MR) is 65.7 cm³/mol. The molecule has 18 heavy (non-hydrogen) atoms. The highest BCUT2D eigenvalue weighted by Gasteiger charge is 2.34. The van der Waals surface area contributed by atoms with Crippen LogP contribution in [0.1, 0.15) is 6.42 Å². The molecule has 6 heteroatoms. The average molecular weight is 249 g/mol. The first-order chi connectivity index (χ1) is 8.54. The Labute approximate surface area is 105 Å². The summed E-state index contributed by atoms with van der Waals surface area (Å²) in [5.74, 6) is -1.15. The normalized spacial score (nSPS) is 19.0. The molecule has 0 aliphatic carbocycles. The minimum Gasteiger partial charge on any atom is -0.292 e. The van der Waals surface area contributed by atoms with Gasteiger partial charge in [-0.25, -0.2) is 5.01 Å². The van der Waals surface area contributed by atoms with Crippen LogP contribution in [0.15, 0.2) is 38.0 Å². The quantitative estimate of drug-likeness (QED) is 0.710. The van der Waals surface area contributed by atoms with Crippen LogP contribution in [0, 0.1) is 0 Å². The first kappa shape index (κ1) is 13.9. The van der Waals surface area contributed by atoms with Crippen LogP contribution in [0.25, 0.3) is 0 Å². The lowest BCUT2D eigenvalue weighted by molar-refractivity contribution is -0.157. The van der Waals surface area contributed by atoms with Gasteiger partial charge in [0, 0.05) is 6.54 Å². The smallest absolute Gasteiger partial charge is 0.262 e. The molecule has 2 amide bonds. The van der Waals surface area contributed by atoms with E-state index in [9.17, 15) is 14.4 Å². The maximum absolute atomic E-state index is 11.6. The van der Waals surface area contributed by atoms with E-state index >= 15 is 0 Å². The molecule has 6 nitrogen and oxygen atoms in total. The molecule has 0 saturated carbocycles. The zero-order chi connectivity index (χ0) is 13.7. The van der Waals surface area contributed by atoms with Crippen molar-refractivity contribution in [3.63, 3.8) is 0 Å². The van der Waals surface area contributed by atoms with Crippen molar-refractivity contribution in [1.29, 1.82) is 0 Å². The summed E-state index contributed by atoms with van der Waals surface area (Å²) < 4.78 is 0. The Hall–Kier alpha value is -2.21. The van der Waals surface area contributed by atoms with Gasteiger partial charge in [-0.3, -0.25) is 19.4 Å². The molecule has 96 valence electrons. The van der Waals surface area contributed by atoms with Crippen LogP contribution in [0.2, 0.25) is 0 Å². The van der Waals surface area contributed by atoms with E-state index in [-0.39, 0.29) is 11.7 Å². The number of hydrogen-bond donors (Lipinski definition) is 1. The molecule has 1 rings (SSSR count). The van der Waals surface area contributed by atoms with E-state index in [0.29, 0.717) is 13.0 Å². The van der Waals surface area contributed by atoms with E-state index in [4.69, 9.17) is 0 Å². The highest BCUT2D eigenvalue weighted by Crippen LogP contribution is 2.12. The number of nitrogens with one attached hydrogen (secondary N) is 1. The van der Waals surface area contributed by atoms with Crippen molar-refractivity contribution in [2.24, 2.45) is 0 Å².